The van der Waals surface area contributed by atoms with Crippen LogP contribution >= 0.6 is 11.6 Å². The summed E-state index contributed by atoms with van der Waals surface area (Å²) in [6, 6.07) is 5.23. The first-order valence-corrected chi connectivity index (χ1v) is 7.20. The quantitative estimate of drug-likeness (QED) is 0.773. The average molecular weight is 300 g/mol. The fourth-order valence-electron chi connectivity index (χ4n) is 1.76. The molecule has 0 aliphatic rings. The molecule has 4 nitrogen and oxygen atoms in total. The van der Waals surface area contributed by atoms with Crippen molar-refractivity contribution in [3.05, 3.63) is 28.8 Å². The van der Waals surface area contributed by atoms with E-state index in [-0.39, 0.29) is 0 Å². The van der Waals surface area contributed by atoms with Crippen LogP contribution in [0.2, 0.25) is 5.02 Å². The van der Waals surface area contributed by atoms with Crippen molar-refractivity contribution in [1.82, 2.24) is 5.32 Å². The van der Waals surface area contributed by atoms with Gasteiger partial charge in [-0.3, -0.25) is 0 Å². The van der Waals surface area contributed by atoms with Gasteiger partial charge >= 0.3 is 5.97 Å². The molecule has 0 heterocycles. The molecule has 1 aromatic carbocycles. The smallest absolute Gasteiger partial charge is 0.344 e. The van der Waals surface area contributed by atoms with Crippen molar-refractivity contribution in [2.75, 3.05) is 6.54 Å². The molecule has 1 unspecified atom stereocenters. The summed E-state index contributed by atoms with van der Waals surface area (Å²) >= 11 is 5.99. The Balaban J connectivity index is 2.81. The number of carboxylic acids is 1. The number of hydrogen-bond acceptors (Lipinski definition) is 3. The minimum atomic E-state index is -0.955. The molecule has 0 saturated carbocycles. The van der Waals surface area contributed by atoms with Crippen LogP contribution in [-0.4, -0.2) is 23.7 Å². The maximum absolute atomic E-state index is 11.0. The molecule has 0 radical (unpaired) electrons. The van der Waals surface area contributed by atoms with Gasteiger partial charge in [0, 0.05) is 17.1 Å². The number of aliphatic carboxylic acids is 1. The zero-order chi connectivity index (χ0) is 15.1. The van der Waals surface area contributed by atoms with Crippen LogP contribution < -0.4 is 10.1 Å². The van der Waals surface area contributed by atoms with Crippen molar-refractivity contribution in [2.45, 2.75) is 39.8 Å². The SMILES string of the molecule is CCC(Oc1ccc(Cl)cc1CNCC(C)C)C(=O)O. The first-order valence-electron chi connectivity index (χ1n) is 6.82. The number of benzene rings is 1. The Morgan fingerprint density at radius 2 is 2.15 bits per heavy atom. The fraction of sp³-hybridized carbons (Fsp3) is 0.533. The third kappa shape index (κ3) is 5.39. The monoisotopic (exact) mass is 299 g/mol. The van der Waals surface area contributed by atoms with E-state index in [2.05, 4.69) is 19.2 Å². The largest absolute Gasteiger partial charge is 0.479 e. The molecule has 1 rings (SSSR count). The number of rotatable bonds is 8. The molecule has 1 atom stereocenters. The summed E-state index contributed by atoms with van der Waals surface area (Å²) in [5.74, 6) is 0.157. The van der Waals surface area contributed by atoms with E-state index < -0.39 is 12.1 Å². The Hall–Kier alpha value is -1.26. The number of hydrogen-bond donors (Lipinski definition) is 2. The third-order valence-corrected chi connectivity index (χ3v) is 3.04. The van der Waals surface area contributed by atoms with Gasteiger partial charge in [-0.25, -0.2) is 4.79 Å². The van der Waals surface area contributed by atoms with Gasteiger partial charge in [-0.05, 0) is 37.1 Å². The number of ether oxygens (including phenoxy) is 1. The third-order valence-electron chi connectivity index (χ3n) is 2.81. The molecule has 0 bridgehead atoms. The Labute approximate surface area is 125 Å². The summed E-state index contributed by atoms with van der Waals surface area (Å²) in [7, 11) is 0. The predicted octanol–water partition coefficient (Wildman–Crippen LogP) is 3.33. The highest BCUT2D eigenvalue weighted by Crippen LogP contribution is 2.24. The highest BCUT2D eigenvalue weighted by atomic mass is 35.5. The van der Waals surface area contributed by atoms with E-state index in [9.17, 15) is 4.79 Å². The lowest BCUT2D eigenvalue weighted by atomic mass is 10.1. The summed E-state index contributed by atoms with van der Waals surface area (Å²) < 4.78 is 5.57. The molecule has 0 amide bonds. The fourth-order valence-corrected chi connectivity index (χ4v) is 1.95. The maximum atomic E-state index is 11.0. The van der Waals surface area contributed by atoms with E-state index >= 15 is 0 Å². The highest BCUT2D eigenvalue weighted by molar-refractivity contribution is 6.30. The van der Waals surface area contributed by atoms with Crippen molar-refractivity contribution in [3.63, 3.8) is 0 Å². The van der Waals surface area contributed by atoms with Crippen molar-refractivity contribution < 1.29 is 14.6 Å². The average Bonchev–Trinajstić information content (AvgIpc) is 2.37. The molecule has 20 heavy (non-hydrogen) atoms. The van der Waals surface area contributed by atoms with Crippen LogP contribution in [-0.2, 0) is 11.3 Å². The molecule has 0 saturated heterocycles. The second-order valence-electron chi connectivity index (χ2n) is 5.13. The van der Waals surface area contributed by atoms with Gasteiger partial charge in [-0.2, -0.15) is 0 Å². The van der Waals surface area contributed by atoms with Crippen LogP contribution in [0.25, 0.3) is 0 Å². The molecular formula is C15H22ClNO3. The second-order valence-corrected chi connectivity index (χ2v) is 5.57. The number of nitrogens with one attached hydrogen (secondary N) is 1. The molecular weight excluding hydrogens is 278 g/mol. The summed E-state index contributed by atoms with van der Waals surface area (Å²) in [5, 5.41) is 13.0. The van der Waals surface area contributed by atoms with E-state index in [1.54, 1.807) is 25.1 Å². The minimum Gasteiger partial charge on any atom is -0.479 e. The van der Waals surface area contributed by atoms with Crippen LogP contribution in [0.4, 0.5) is 0 Å². The van der Waals surface area contributed by atoms with Gasteiger partial charge in [0.15, 0.2) is 6.10 Å². The van der Waals surface area contributed by atoms with E-state index in [0.29, 0.717) is 29.7 Å². The van der Waals surface area contributed by atoms with Crippen molar-refractivity contribution in [1.29, 1.82) is 0 Å². The van der Waals surface area contributed by atoms with Gasteiger partial charge < -0.3 is 15.2 Å². The number of carboxylic acid groups (broad SMARTS) is 1. The van der Waals surface area contributed by atoms with Gasteiger partial charge in [0.1, 0.15) is 5.75 Å². The van der Waals surface area contributed by atoms with Gasteiger partial charge in [0.25, 0.3) is 0 Å². The van der Waals surface area contributed by atoms with E-state index in [4.69, 9.17) is 21.4 Å². The van der Waals surface area contributed by atoms with E-state index in [0.717, 1.165) is 12.1 Å². The summed E-state index contributed by atoms with van der Waals surface area (Å²) in [6.45, 7) is 7.51. The van der Waals surface area contributed by atoms with Crippen LogP contribution in [0.15, 0.2) is 18.2 Å². The van der Waals surface area contributed by atoms with Gasteiger partial charge in [0.05, 0.1) is 0 Å². The Kier molecular flexibility index (Phi) is 6.82. The van der Waals surface area contributed by atoms with Crippen LogP contribution in [0.5, 0.6) is 5.75 Å². The minimum absolute atomic E-state index is 0.414. The molecule has 0 aromatic heterocycles. The van der Waals surface area contributed by atoms with Crippen molar-refractivity contribution in [3.8, 4) is 5.75 Å². The molecule has 0 aliphatic heterocycles. The number of carbonyl (C=O) groups is 1. The summed E-state index contributed by atoms with van der Waals surface area (Å²) in [6.07, 6.45) is -0.420. The molecule has 2 N–H and O–H groups in total. The highest BCUT2D eigenvalue weighted by Gasteiger charge is 2.18. The molecule has 5 heteroatoms. The van der Waals surface area contributed by atoms with Crippen LogP contribution in [0, 0.1) is 5.92 Å². The lowest BCUT2D eigenvalue weighted by Gasteiger charge is -2.17. The zero-order valence-electron chi connectivity index (χ0n) is 12.1. The second kappa shape index (κ2) is 8.12. The Bertz CT molecular complexity index is 449. The Morgan fingerprint density at radius 3 is 2.70 bits per heavy atom. The maximum Gasteiger partial charge on any atom is 0.344 e. The van der Waals surface area contributed by atoms with Crippen LogP contribution in [0.3, 0.4) is 0 Å². The molecule has 0 fully saturated rings. The van der Waals surface area contributed by atoms with E-state index in [1.807, 2.05) is 0 Å². The summed E-state index contributed by atoms with van der Waals surface area (Å²) in [5.41, 5.74) is 0.873. The summed E-state index contributed by atoms with van der Waals surface area (Å²) in [4.78, 5) is 11.0. The van der Waals surface area contributed by atoms with Crippen molar-refractivity contribution >= 4 is 17.6 Å². The lowest BCUT2D eigenvalue weighted by Crippen LogP contribution is -2.27. The van der Waals surface area contributed by atoms with Crippen LogP contribution in [0.1, 0.15) is 32.8 Å². The van der Waals surface area contributed by atoms with E-state index in [1.165, 1.54) is 0 Å². The molecule has 1 aromatic rings. The standard InChI is InChI=1S/C15H22ClNO3/c1-4-13(15(18)19)20-14-6-5-12(16)7-11(14)9-17-8-10(2)3/h5-7,10,13,17H,4,8-9H2,1-3H3,(H,18,19). The van der Waals surface area contributed by atoms with Gasteiger partial charge in [-0.1, -0.05) is 32.4 Å². The first-order chi connectivity index (χ1) is 9.43. The van der Waals surface area contributed by atoms with Crippen molar-refractivity contribution in [2.24, 2.45) is 5.92 Å². The van der Waals surface area contributed by atoms with Gasteiger partial charge in [0.2, 0.25) is 0 Å². The zero-order valence-corrected chi connectivity index (χ0v) is 12.9. The topological polar surface area (TPSA) is 58.6 Å². The number of halogens is 1. The molecule has 0 spiro atoms. The normalized spacial score (nSPS) is 12.4. The Morgan fingerprint density at radius 1 is 1.45 bits per heavy atom. The first kappa shape index (κ1) is 16.8. The lowest BCUT2D eigenvalue weighted by molar-refractivity contribution is -0.145. The molecule has 112 valence electrons. The molecule has 0 aliphatic carbocycles. The van der Waals surface area contributed by atoms with Gasteiger partial charge in [-0.15, -0.1) is 0 Å². The predicted molar refractivity (Wildman–Crippen MR) is 80.3 cm³/mol.